The van der Waals surface area contributed by atoms with E-state index in [4.69, 9.17) is 4.74 Å². The molecule has 0 unspecified atom stereocenters. The van der Waals surface area contributed by atoms with E-state index in [0.717, 1.165) is 18.9 Å². The third kappa shape index (κ3) is 7.49. The molecule has 1 aromatic carbocycles. The van der Waals surface area contributed by atoms with Gasteiger partial charge in [-0.15, -0.1) is 0 Å². The number of hydrogen-bond acceptors (Lipinski definition) is 3. The summed E-state index contributed by atoms with van der Waals surface area (Å²) in [6.45, 7) is 2.73. The average Bonchev–Trinajstić information content (AvgIpc) is 2.46. The van der Waals surface area contributed by atoms with E-state index in [0.29, 0.717) is 12.4 Å². The second-order valence-electron chi connectivity index (χ2n) is 5.38. The molecule has 0 bridgehead atoms. The van der Waals surface area contributed by atoms with Gasteiger partial charge < -0.3 is 14.8 Å². The zero-order valence-corrected chi connectivity index (χ0v) is 12.9. The lowest BCUT2D eigenvalue weighted by molar-refractivity contribution is 0.304. The quantitative estimate of drug-likeness (QED) is 0.487. The van der Waals surface area contributed by atoms with Gasteiger partial charge in [0, 0.05) is 5.46 Å². The molecule has 0 saturated carbocycles. The van der Waals surface area contributed by atoms with E-state index in [2.05, 4.69) is 6.92 Å². The topological polar surface area (TPSA) is 49.7 Å². The lowest BCUT2D eigenvalue weighted by Gasteiger charge is -2.11. The Morgan fingerprint density at radius 1 is 1.00 bits per heavy atom. The van der Waals surface area contributed by atoms with Crippen molar-refractivity contribution in [3.05, 3.63) is 24.0 Å². The number of unbranched alkanes of at least 4 members (excludes halogenated alkanes) is 7. The van der Waals surface area contributed by atoms with Crippen LogP contribution in [0.2, 0.25) is 0 Å². The smallest absolute Gasteiger partial charge is 0.492 e. The van der Waals surface area contributed by atoms with E-state index in [9.17, 15) is 14.4 Å². The molecule has 2 N–H and O–H groups in total. The Bertz CT molecular complexity index is 399. The summed E-state index contributed by atoms with van der Waals surface area (Å²) < 4.78 is 18.6. The van der Waals surface area contributed by atoms with Crippen LogP contribution in [-0.4, -0.2) is 23.8 Å². The SMILES string of the molecule is CCCCCCCCCCOc1ccc(F)cc1B(O)O. The molecule has 0 spiro atoms. The molecule has 0 aliphatic heterocycles. The number of ether oxygens (including phenoxy) is 1. The normalized spacial score (nSPS) is 10.7. The molecule has 21 heavy (non-hydrogen) atoms. The minimum atomic E-state index is -1.71. The molecule has 0 heterocycles. The first-order chi connectivity index (χ1) is 10.1. The third-order valence-corrected chi connectivity index (χ3v) is 3.51. The molecule has 0 radical (unpaired) electrons. The fourth-order valence-electron chi connectivity index (χ4n) is 2.27. The van der Waals surface area contributed by atoms with Crippen molar-refractivity contribution >= 4 is 12.6 Å². The molecule has 1 aromatic rings. The molecule has 0 aromatic heterocycles. The zero-order valence-electron chi connectivity index (χ0n) is 12.9. The molecule has 0 saturated heterocycles. The van der Waals surface area contributed by atoms with E-state index < -0.39 is 12.9 Å². The molecule has 0 aliphatic carbocycles. The van der Waals surface area contributed by atoms with Gasteiger partial charge in [0.1, 0.15) is 11.6 Å². The summed E-state index contributed by atoms with van der Waals surface area (Å²) in [6.07, 6.45) is 9.69. The molecule has 0 fully saturated rings. The van der Waals surface area contributed by atoms with Crippen LogP contribution in [0.25, 0.3) is 0 Å². The van der Waals surface area contributed by atoms with Crippen LogP contribution in [-0.2, 0) is 0 Å². The third-order valence-electron chi connectivity index (χ3n) is 3.51. The van der Waals surface area contributed by atoms with Crippen molar-refractivity contribution in [1.82, 2.24) is 0 Å². The fourth-order valence-corrected chi connectivity index (χ4v) is 2.27. The number of rotatable bonds is 11. The van der Waals surface area contributed by atoms with Gasteiger partial charge in [-0.1, -0.05) is 51.9 Å². The predicted octanol–water partition coefficient (Wildman–Crippen LogP) is 3.03. The van der Waals surface area contributed by atoms with Crippen LogP contribution in [0.15, 0.2) is 18.2 Å². The minimum absolute atomic E-state index is 0.0783. The monoisotopic (exact) mass is 296 g/mol. The molecular weight excluding hydrogens is 270 g/mol. The molecular formula is C16H26BFO3. The molecule has 1 rings (SSSR count). The predicted molar refractivity (Wildman–Crippen MR) is 84.3 cm³/mol. The summed E-state index contributed by atoms with van der Waals surface area (Å²) in [5.41, 5.74) is 0.0783. The molecule has 0 aliphatic rings. The minimum Gasteiger partial charge on any atom is -0.494 e. The standard InChI is InChI=1S/C16H26BFO3/c1-2-3-4-5-6-7-8-9-12-21-16-11-10-14(18)13-15(16)17(19)20/h10-11,13,19-20H,2-9,12H2,1H3. The first-order valence-corrected chi connectivity index (χ1v) is 7.93. The van der Waals surface area contributed by atoms with Gasteiger partial charge in [-0.3, -0.25) is 0 Å². The van der Waals surface area contributed by atoms with Gasteiger partial charge in [-0.2, -0.15) is 0 Å². The highest BCUT2D eigenvalue weighted by molar-refractivity contribution is 6.59. The van der Waals surface area contributed by atoms with E-state index in [1.165, 1.54) is 50.7 Å². The Morgan fingerprint density at radius 2 is 1.62 bits per heavy atom. The van der Waals surface area contributed by atoms with Crippen LogP contribution in [0.3, 0.4) is 0 Å². The maximum Gasteiger partial charge on any atom is 0.492 e. The molecule has 0 amide bonds. The largest absolute Gasteiger partial charge is 0.494 e. The Morgan fingerprint density at radius 3 is 2.24 bits per heavy atom. The molecule has 5 heteroatoms. The molecule has 0 atom stereocenters. The van der Waals surface area contributed by atoms with Crippen LogP contribution in [0, 0.1) is 5.82 Å². The van der Waals surface area contributed by atoms with Crippen LogP contribution >= 0.6 is 0 Å². The molecule has 3 nitrogen and oxygen atoms in total. The highest BCUT2D eigenvalue weighted by atomic mass is 19.1. The Hall–Kier alpha value is -1.07. The van der Waals surface area contributed by atoms with Gasteiger partial charge in [0.25, 0.3) is 0 Å². The van der Waals surface area contributed by atoms with Gasteiger partial charge in [0.05, 0.1) is 6.61 Å². The first-order valence-electron chi connectivity index (χ1n) is 7.93. The second-order valence-corrected chi connectivity index (χ2v) is 5.38. The highest BCUT2D eigenvalue weighted by Crippen LogP contribution is 2.12. The summed E-state index contributed by atoms with van der Waals surface area (Å²) in [5.74, 6) is -0.160. The van der Waals surface area contributed by atoms with Gasteiger partial charge >= 0.3 is 7.12 Å². The van der Waals surface area contributed by atoms with Crippen molar-refractivity contribution in [3.8, 4) is 5.75 Å². The van der Waals surface area contributed by atoms with E-state index in [1.807, 2.05) is 0 Å². The van der Waals surface area contributed by atoms with E-state index in [-0.39, 0.29) is 5.46 Å². The van der Waals surface area contributed by atoms with Crippen LogP contribution in [0.4, 0.5) is 4.39 Å². The Balaban J connectivity index is 2.18. The number of benzene rings is 1. The van der Waals surface area contributed by atoms with E-state index in [1.54, 1.807) is 0 Å². The lowest BCUT2D eigenvalue weighted by Crippen LogP contribution is -2.32. The fraction of sp³-hybridized carbons (Fsp3) is 0.625. The number of hydrogen-bond donors (Lipinski definition) is 2. The highest BCUT2D eigenvalue weighted by Gasteiger charge is 2.17. The van der Waals surface area contributed by atoms with E-state index >= 15 is 0 Å². The number of halogens is 1. The maximum absolute atomic E-state index is 13.0. The summed E-state index contributed by atoms with van der Waals surface area (Å²) in [4.78, 5) is 0. The molecule has 118 valence electrons. The van der Waals surface area contributed by atoms with Crippen molar-refractivity contribution in [3.63, 3.8) is 0 Å². The van der Waals surface area contributed by atoms with Crippen LogP contribution in [0.1, 0.15) is 58.3 Å². The lowest BCUT2D eigenvalue weighted by atomic mass is 9.79. The van der Waals surface area contributed by atoms with Crippen LogP contribution in [0.5, 0.6) is 5.75 Å². The average molecular weight is 296 g/mol. The summed E-state index contributed by atoms with van der Waals surface area (Å²) in [7, 11) is -1.71. The van der Waals surface area contributed by atoms with Crippen molar-refractivity contribution in [2.24, 2.45) is 0 Å². The maximum atomic E-state index is 13.0. The summed E-state index contributed by atoms with van der Waals surface area (Å²) >= 11 is 0. The van der Waals surface area contributed by atoms with Gasteiger partial charge in [-0.05, 0) is 24.6 Å². The Labute approximate surface area is 127 Å². The van der Waals surface area contributed by atoms with Gasteiger partial charge in [0.15, 0.2) is 0 Å². The summed E-state index contributed by atoms with van der Waals surface area (Å²) in [6, 6.07) is 3.79. The first kappa shape index (κ1) is 18.0. The zero-order chi connectivity index (χ0) is 15.5. The summed E-state index contributed by atoms with van der Waals surface area (Å²) in [5, 5.41) is 18.4. The second kappa shape index (κ2) is 10.6. The van der Waals surface area contributed by atoms with Gasteiger partial charge in [-0.25, -0.2) is 4.39 Å². The van der Waals surface area contributed by atoms with Crippen molar-refractivity contribution in [1.29, 1.82) is 0 Å². The van der Waals surface area contributed by atoms with Gasteiger partial charge in [0.2, 0.25) is 0 Å². The van der Waals surface area contributed by atoms with Crippen LogP contribution < -0.4 is 10.2 Å². The van der Waals surface area contributed by atoms with Crippen molar-refractivity contribution < 1.29 is 19.2 Å². The van der Waals surface area contributed by atoms with Crippen molar-refractivity contribution in [2.75, 3.05) is 6.61 Å². The van der Waals surface area contributed by atoms with Crippen molar-refractivity contribution in [2.45, 2.75) is 58.3 Å². The Kier molecular flexibility index (Phi) is 9.11.